The van der Waals surface area contributed by atoms with Crippen molar-refractivity contribution in [2.45, 2.75) is 6.42 Å². The van der Waals surface area contributed by atoms with Crippen molar-refractivity contribution in [1.29, 1.82) is 0 Å². The highest BCUT2D eigenvalue weighted by Crippen LogP contribution is 2.24. The summed E-state index contributed by atoms with van der Waals surface area (Å²) in [6.45, 7) is 5.03. The highest BCUT2D eigenvalue weighted by atomic mass is 33.1. The summed E-state index contributed by atoms with van der Waals surface area (Å²) in [5.74, 6) is 1.31. The second-order valence-corrected chi connectivity index (χ2v) is 6.00. The summed E-state index contributed by atoms with van der Waals surface area (Å²) in [6, 6.07) is 0. The van der Waals surface area contributed by atoms with Crippen LogP contribution < -0.4 is 0 Å². The molecule has 0 aromatic rings. The third kappa shape index (κ3) is 4.09. The number of hydrogen-bond donors (Lipinski definition) is 0. The van der Waals surface area contributed by atoms with Crippen molar-refractivity contribution in [2.75, 3.05) is 31.7 Å². The van der Waals surface area contributed by atoms with Crippen LogP contribution >= 0.6 is 21.6 Å². The third-order valence-corrected chi connectivity index (χ3v) is 4.53. The van der Waals surface area contributed by atoms with Crippen LogP contribution in [0.25, 0.3) is 0 Å². The highest BCUT2D eigenvalue weighted by molar-refractivity contribution is 8.76. The number of carbonyl (C=O) groups excluding carboxylic acids is 2. The Labute approximate surface area is 103 Å². The minimum absolute atomic E-state index is 0.0431. The first-order valence-electron chi connectivity index (χ1n) is 4.93. The van der Waals surface area contributed by atoms with E-state index >= 15 is 0 Å². The smallest absolute Gasteiger partial charge is 0.333 e. The van der Waals surface area contributed by atoms with Crippen molar-refractivity contribution in [1.82, 2.24) is 4.90 Å². The molecule has 1 amide bonds. The fraction of sp³-hybridized carbons (Fsp3) is 0.600. The lowest BCUT2D eigenvalue weighted by molar-refractivity contribution is -0.138. The molecular weight excluding hydrogens is 246 g/mol. The van der Waals surface area contributed by atoms with E-state index in [1.54, 1.807) is 26.5 Å². The van der Waals surface area contributed by atoms with Crippen LogP contribution in [-0.4, -0.2) is 48.5 Å². The Kier molecular flexibility index (Phi) is 5.76. The Hall–Kier alpha value is -0.620. The molecule has 0 atom stereocenters. The van der Waals surface area contributed by atoms with Gasteiger partial charge in [0.05, 0.1) is 13.5 Å². The number of carbonyl (C=O) groups is 2. The van der Waals surface area contributed by atoms with Crippen LogP contribution in [0.1, 0.15) is 6.42 Å². The van der Waals surface area contributed by atoms with Crippen molar-refractivity contribution < 1.29 is 14.3 Å². The molecule has 1 aliphatic heterocycles. The monoisotopic (exact) mass is 261 g/mol. The van der Waals surface area contributed by atoms with E-state index in [4.69, 9.17) is 0 Å². The van der Waals surface area contributed by atoms with Crippen molar-refractivity contribution in [3.05, 3.63) is 12.2 Å². The van der Waals surface area contributed by atoms with E-state index in [0.29, 0.717) is 0 Å². The van der Waals surface area contributed by atoms with Gasteiger partial charge >= 0.3 is 5.97 Å². The largest absolute Gasteiger partial charge is 0.466 e. The normalized spacial score (nSPS) is 16.4. The van der Waals surface area contributed by atoms with Gasteiger partial charge in [-0.05, 0) is 0 Å². The van der Waals surface area contributed by atoms with Gasteiger partial charge < -0.3 is 9.64 Å². The third-order valence-electron chi connectivity index (χ3n) is 2.16. The Morgan fingerprint density at radius 2 is 1.88 bits per heavy atom. The molecule has 6 heteroatoms. The SMILES string of the molecule is C=C(CC(=O)N1CCSSCC1)C(=O)OC. The van der Waals surface area contributed by atoms with Crippen LogP contribution in [0.15, 0.2) is 12.2 Å². The van der Waals surface area contributed by atoms with E-state index in [9.17, 15) is 9.59 Å². The Morgan fingerprint density at radius 1 is 1.31 bits per heavy atom. The Morgan fingerprint density at radius 3 is 2.38 bits per heavy atom. The van der Waals surface area contributed by atoms with Crippen molar-refractivity contribution >= 4 is 33.5 Å². The average molecular weight is 261 g/mol. The van der Waals surface area contributed by atoms with Gasteiger partial charge in [0.25, 0.3) is 0 Å². The number of rotatable bonds is 3. The molecule has 1 aliphatic rings. The van der Waals surface area contributed by atoms with Crippen molar-refractivity contribution in [2.24, 2.45) is 0 Å². The molecule has 1 saturated heterocycles. The van der Waals surface area contributed by atoms with Crippen molar-refractivity contribution in [3.8, 4) is 0 Å². The predicted molar refractivity (Wildman–Crippen MR) is 67.3 cm³/mol. The van der Waals surface area contributed by atoms with Gasteiger partial charge in [-0.25, -0.2) is 4.79 Å². The van der Waals surface area contributed by atoms with Gasteiger partial charge in [-0.2, -0.15) is 0 Å². The lowest BCUT2D eigenvalue weighted by atomic mass is 10.2. The minimum Gasteiger partial charge on any atom is -0.466 e. The van der Waals surface area contributed by atoms with Crippen LogP contribution in [0.5, 0.6) is 0 Å². The molecule has 0 aromatic carbocycles. The van der Waals surface area contributed by atoms with E-state index in [-0.39, 0.29) is 17.9 Å². The van der Waals surface area contributed by atoms with E-state index in [2.05, 4.69) is 11.3 Å². The van der Waals surface area contributed by atoms with Gasteiger partial charge in [0, 0.05) is 30.2 Å². The number of esters is 1. The zero-order valence-electron chi connectivity index (χ0n) is 9.23. The second kappa shape index (κ2) is 6.85. The first kappa shape index (κ1) is 13.4. The minimum atomic E-state index is -0.507. The summed E-state index contributed by atoms with van der Waals surface area (Å²) in [5.41, 5.74) is 0.219. The van der Waals surface area contributed by atoms with Gasteiger partial charge in [-0.15, -0.1) is 0 Å². The first-order valence-corrected chi connectivity index (χ1v) is 7.42. The molecule has 16 heavy (non-hydrogen) atoms. The predicted octanol–water partition coefficient (Wildman–Crippen LogP) is 1.33. The zero-order chi connectivity index (χ0) is 12.0. The number of ether oxygens (including phenoxy) is 1. The van der Waals surface area contributed by atoms with Gasteiger partial charge in [-0.1, -0.05) is 28.2 Å². The summed E-state index contributed by atoms with van der Waals surface area (Å²) >= 11 is 0. The lowest BCUT2D eigenvalue weighted by Gasteiger charge is -2.19. The molecule has 1 heterocycles. The second-order valence-electron chi connectivity index (χ2n) is 3.30. The number of nitrogens with zero attached hydrogens (tertiary/aromatic N) is 1. The number of methoxy groups -OCH3 is 1. The van der Waals surface area contributed by atoms with Crippen LogP contribution in [0.2, 0.25) is 0 Å². The molecule has 0 unspecified atom stereocenters. The maximum Gasteiger partial charge on any atom is 0.333 e. The molecule has 0 bridgehead atoms. The molecule has 0 aromatic heterocycles. The Balaban J connectivity index is 2.44. The summed E-state index contributed by atoms with van der Waals surface area (Å²) in [7, 11) is 4.84. The number of hydrogen-bond acceptors (Lipinski definition) is 5. The standard InChI is InChI=1S/C10H15NO3S2/c1-8(10(13)14-2)7-9(12)11-3-5-15-16-6-4-11/h1,3-7H2,2H3. The van der Waals surface area contributed by atoms with Crippen molar-refractivity contribution in [3.63, 3.8) is 0 Å². The van der Waals surface area contributed by atoms with E-state index < -0.39 is 5.97 Å². The maximum atomic E-state index is 11.8. The zero-order valence-corrected chi connectivity index (χ0v) is 10.9. The summed E-state index contributed by atoms with van der Waals surface area (Å²) in [6.07, 6.45) is 0.0575. The maximum absolute atomic E-state index is 11.8. The molecule has 0 saturated carbocycles. The van der Waals surface area contributed by atoms with Gasteiger partial charge in [0.15, 0.2) is 0 Å². The van der Waals surface area contributed by atoms with Crippen LogP contribution in [-0.2, 0) is 14.3 Å². The van der Waals surface area contributed by atoms with Crippen LogP contribution in [0.4, 0.5) is 0 Å². The summed E-state index contributed by atoms with van der Waals surface area (Å²) < 4.78 is 4.51. The van der Waals surface area contributed by atoms with E-state index in [1.807, 2.05) is 0 Å². The van der Waals surface area contributed by atoms with Gasteiger partial charge in [-0.3, -0.25) is 4.79 Å². The van der Waals surface area contributed by atoms with Crippen LogP contribution in [0, 0.1) is 0 Å². The first-order chi connectivity index (χ1) is 7.65. The highest BCUT2D eigenvalue weighted by Gasteiger charge is 2.19. The fourth-order valence-corrected chi connectivity index (χ4v) is 3.26. The lowest BCUT2D eigenvalue weighted by Crippen LogP contribution is -2.34. The topological polar surface area (TPSA) is 46.6 Å². The molecule has 90 valence electrons. The molecular formula is C10H15NO3S2. The molecule has 0 radical (unpaired) electrons. The summed E-state index contributed by atoms with van der Waals surface area (Å²) in [5, 5.41) is 0. The molecule has 0 aliphatic carbocycles. The molecule has 1 fully saturated rings. The Bertz CT molecular complexity index is 286. The average Bonchev–Trinajstić information content (AvgIpc) is 2.56. The molecule has 4 nitrogen and oxygen atoms in total. The molecule has 0 N–H and O–H groups in total. The van der Waals surface area contributed by atoms with E-state index in [0.717, 1.165) is 24.6 Å². The van der Waals surface area contributed by atoms with Gasteiger partial charge in [0.1, 0.15) is 0 Å². The fourth-order valence-electron chi connectivity index (χ4n) is 1.28. The van der Waals surface area contributed by atoms with E-state index in [1.165, 1.54) is 7.11 Å². The quantitative estimate of drug-likeness (QED) is 0.436. The molecule has 1 rings (SSSR count). The molecule has 0 spiro atoms. The van der Waals surface area contributed by atoms with Gasteiger partial charge in [0.2, 0.25) is 5.91 Å². The summed E-state index contributed by atoms with van der Waals surface area (Å²) in [4.78, 5) is 24.7. The number of amides is 1. The van der Waals surface area contributed by atoms with Crippen LogP contribution in [0.3, 0.4) is 0 Å².